The first kappa shape index (κ1) is 13.4. The van der Waals surface area contributed by atoms with E-state index in [0.717, 1.165) is 12.0 Å². The van der Waals surface area contributed by atoms with Crippen LogP contribution in [0.15, 0.2) is 24.3 Å². The molecule has 0 saturated heterocycles. The lowest BCUT2D eigenvalue weighted by atomic mass is 10.1. The minimum atomic E-state index is -0.307. The molecule has 0 aromatic heterocycles. The molecule has 0 saturated carbocycles. The quantitative estimate of drug-likeness (QED) is 0.771. The third kappa shape index (κ3) is 5.24. The van der Waals surface area contributed by atoms with Gasteiger partial charge < -0.3 is 5.32 Å². The summed E-state index contributed by atoms with van der Waals surface area (Å²) in [6.45, 7) is 2.22. The maximum Gasteiger partial charge on any atom is 0.227 e. The van der Waals surface area contributed by atoms with Crippen LogP contribution >= 0.6 is 0 Å². The van der Waals surface area contributed by atoms with E-state index in [1.54, 1.807) is 12.1 Å². The minimum absolute atomic E-state index is 0.0518. The van der Waals surface area contributed by atoms with E-state index in [2.05, 4.69) is 5.32 Å². The predicted molar refractivity (Wildman–Crippen MR) is 62.8 cm³/mol. The molecule has 1 amide bonds. The van der Waals surface area contributed by atoms with Gasteiger partial charge in [0.1, 0.15) is 11.6 Å². The van der Waals surface area contributed by atoms with Crippen molar-refractivity contribution >= 4 is 11.7 Å². The second-order valence-corrected chi connectivity index (χ2v) is 3.87. The van der Waals surface area contributed by atoms with E-state index in [9.17, 15) is 14.0 Å². The number of amides is 1. The number of rotatable bonds is 6. The molecule has 0 aliphatic rings. The van der Waals surface area contributed by atoms with Gasteiger partial charge in [0.05, 0.1) is 6.42 Å². The predicted octanol–water partition coefficient (Wildman–Crippen LogP) is 2.20. The molecule has 0 heterocycles. The van der Waals surface area contributed by atoms with Crippen LogP contribution in [0, 0.1) is 5.82 Å². The molecular formula is C13H16FNO2. The topological polar surface area (TPSA) is 46.2 Å². The molecule has 0 spiro atoms. The Balaban J connectivity index is 2.33. The zero-order chi connectivity index (χ0) is 12.7. The van der Waals surface area contributed by atoms with Gasteiger partial charge in [0.15, 0.2) is 0 Å². The lowest BCUT2D eigenvalue weighted by Gasteiger charge is -2.04. The molecule has 0 aliphatic carbocycles. The first-order valence-electron chi connectivity index (χ1n) is 5.64. The Labute approximate surface area is 100 Å². The van der Waals surface area contributed by atoms with Crippen molar-refractivity contribution in [1.29, 1.82) is 0 Å². The van der Waals surface area contributed by atoms with Gasteiger partial charge in [-0.1, -0.05) is 19.1 Å². The maximum atomic E-state index is 12.6. The van der Waals surface area contributed by atoms with Crippen molar-refractivity contribution in [2.24, 2.45) is 0 Å². The number of carbonyl (C=O) groups excluding carboxylic acids is 2. The second-order valence-electron chi connectivity index (χ2n) is 3.87. The van der Waals surface area contributed by atoms with E-state index in [1.807, 2.05) is 6.92 Å². The Morgan fingerprint density at radius 1 is 1.24 bits per heavy atom. The summed E-state index contributed by atoms with van der Waals surface area (Å²) in [4.78, 5) is 22.6. The molecule has 0 fully saturated rings. The Bertz CT molecular complexity index is 387. The summed E-state index contributed by atoms with van der Waals surface area (Å²) in [5, 5.41) is 2.63. The summed E-state index contributed by atoms with van der Waals surface area (Å²) < 4.78 is 12.6. The maximum absolute atomic E-state index is 12.6. The molecule has 4 heteroatoms. The number of hydrogen-bond acceptors (Lipinski definition) is 2. The van der Waals surface area contributed by atoms with E-state index < -0.39 is 0 Å². The highest BCUT2D eigenvalue weighted by Crippen LogP contribution is 2.02. The number of halogens is 1. The fourth-order valence-electron chi connectivity index (χ4n) is 1.41. The molecule has 17 heavy (non-hydrogen) atoms. The molecule has 0 radical (unpaired) electrons. The molecular weight excluding hydrogens is 221 g/mol. The molecule has 0 bridgehead atoms. The van der Waals surface area contributed by atoms with Crippen molar-refractivity contribution in [2.45, 2.75) is 32.7 Å². The van der Waals surface area contributed by atoms with Crippen molar-refractivity contribution in [3.63, 3.8) is 0 Å². The fourth-order valence-corrected chi connectivity index (χ4v) is 1.41. The second kappa shape index (κ2) is 6.78. The molecule has 0 aliphatic heterocycles. The molecule has 1 aromatic rings. The first-order chi connectivity index (χ1) is 8.11. The van der Waals surface area contributed by atoms with Crippen LogP contribution in [0.2, 0.25) is 0 Å². The lowest BCUT2D eigenvalue weighted by molar-refractivity contribution is -0.128. The third-order valence-electron chi connectivity index (χ3n) is 2.29. The van der Waals surface area contributed by atoms with E-state index in [-0.39, 0.29) is 23.9 Å². The summed E-state index contributed by atoms with van der Waals surface area (Å²) in [6.07, 6.45) is 1.11. The highest BCUT2D eigenvalue weighted by atomic mass is 19.1. The van der Waals surface area contributed by atoms with Gasteiger partial charge in [-0.3, -0.25) is 9.59 Å². The first-order valence-corrected chi connectivity index (χ1v) is 5.64. The van der Waals surface area contributed by atoms with Gasteiger partial charge in [-0.25, -0.2) is 4.39 Å². The smallest absolute Gasteiger partial charge is 0.227 e. The van der Waals surface area contributed by atoms with Gasteiger partial charge in [-0.15, -0.1) is 0 Å². The van der Waals surface area contributed by atoms with Crippen molar-refractivity contribution in [1.82, 2.24) is 5.32 Å². The highest BCUT2D eigenvalue weighted by Gasteiger charge is 2.07. The summed E-state index contributed by atoms with van der Waals surface area (Å²) in [6, 6.07) is 5.88. The number of ketones is 1. The Kier molecular flexibility index (Phi) is 5.33. The average molecular weight is 237 g/mol. The summed E-state index contributed by atoms with van der Waals surface area (Å²) in [5.41, 5.74) is 0.808. The Morgan fingerprint density at radius 2 is 1.88 bits per heavy atom. The molecule has 1 rings (SSSR count). The monoisotopic (exact) mass is 237 g/mol. The summed E-state index contributed by atoms with van der Waals surface area (Å²) in [5.74, 6) is -0.643. The molecule has 0 atom stereocenters. The van der Waals surface area contributed by atoms with Gasteiger partial charge in [0.2, 0.25) is 5.91 Å². The van der Waals surface area contributed by atoms with Crippen LogP contribution in [-0.4, -0.2) is 11.7 Å². The number of nitrogens with one attached hydrogen (secondary N) is 1. The van der Waals surface area contributed by atoms with Gasteiger partial charge in [0.25, 0.3) is 0 Å². The largest absolute Gasteiger partial charge is 0.352 e. The normalized spacial score (nSPS) is 10.0. The number of benzene rings is 1. The molecule has 92 valence electrons. The standard InChI is InChI=1S/C13H16FNO2/c1-2-3-12(16)8-13(17)15-9-10-4-6-11(14)7-5-10/h4-7H,2-3,8-9H2,1H3,(H,15,17). The van der Waals surface area contributed by atoms with Gasteiger partial charge in [0, 0.05) is 13.0 Å². The van der Waals surface area contributed by atoms with Crippen LogP contribution in [0.25, 0.3) is 0 Å². The van der Waals surface area contributed by atoms with Crippen LogP contribution in [0.4, 0.5) is 4.39 Å². The summed E-state index contributed by atoms with van der Waals surface area (Å²) in [7, 11) is 0. The van der Waals surface area contributed by atoms with Crippen LogP contribution < -0.4 is 5.32 Å². The van der Waals surface area contributed by atoms with Crippen LogP contribution in [0.5, 0.6) is 0 Å². The van der Waals surface area contributed by atoms with Crippen molar-refractivity contribution in [2.75, 3.05) is 0 Å². The summed E-state index contributed by atoms with van der Waals surface area (Å²) >= 11 is 0. The van der Waals surface area contributed by atoms with Gasteiger partial charge in [-0.05, 0) is 24.1 Å². The third-order valence-corrected chi connectivity index (χ3v) is 2.29. The van der Waals surface area contributed by atoms with Crippen LogP contribution in [0.1, 0.15) is 31.7 Å². The SMILES string of the molecule is CCCC(=O)CC(=O)NCc1ccc(F)cc1. The molecule has 0 unspecified atom stereocenters. The molecule has 1 aromatic carbocycles. The van der Waals surface area contributed by atoms with E-state index in [1.165, 1.54) is 12.1 Å². The van der Waals surface area contributed by atoms with Crippen molar-refractivity contribution in [3.05, 3.63) is 35.6 Å². The van der Waals surface area contributed by atoms with E-state index in [4.69, 9.17) is 0 Å². The zero-order valence-electron chi connectivity index (χ0n) is 9.83. The van der Waals surface area contributed by atoms with Gasteiger partial charge >= 0.3 is 0 Å². The number of Topliss-reactive ketones (excluding diaryl/α,β-unsaturated/α-hetero) is 1. The van der Waals surface area contributed by atoms with Crippen molar-refractivity contribution in [3.8, 4) is 0 Å². The van der Waals surface area contributed by atoms with E-state index in [0.29, 0.717) is 13.0 Å². The minimum Gasteiger partial charge on any atom is -0.352 e. The zero-order valence-corrected chi connectivity index (χ0v) is 9.83. The number of carbonyl (C=O) groups is 2. The van der Waals surface area contributed by atoms with Crippen LogP contribution in [0.3, 0.4) is 0 Å². The van der Waals surface area contributed by atoms with Gasteiger partial charge in [-0.2, -0.15) is 0 Å². The molecule has 1 N–H and O–H groups in total. The van der Waals surface area contributed by atoms with Crippen LogP contribution in [-0.2, 0) is 16.1 Å². The Hall–Kier alpha value is -1.71. The van der Waals surface area contributed by atoms with Crippen molar-refractivity contribution < 1.29 is 14.0 Å². The highest BCUT2D eigenvalue weighted by molar-refractivity contribution is 5.97. The lowest BCUT2D eigenvalue weighted by Crippen LogP contribution is -2.25. The number of hydrogen-bond donors (Lipinski definition) is 1. The average Bonchev–Trinajstić information content (AvgIpc) is 2.28. The molecule has 3 nitrogen and oxygen atoms in total. The van der Waals surface area contributed by atoms with E-state index >= 15 is 0 Å². The fraction of sp³-hybridized carbons (Fsp3) is 0.385. The Morgan fingerprint density at radius 3 is 2.47 bits per heavy atom.